The number of ether oxygens (including phenoxy) is 2. The Balaban J connectivity index is 2.02. The number of halogens is 2. The summed E-state index contributed by atoms with van der Waals surface area (Å²) in [7, 11) is 0. The Morgan fingerprint density at radius 3 is 2.56 bits per heavy atom. The number of benzene rings is 2. The molecule has 0 N–H and O–H groups in total. The van der Waals surface area contributed by atoms with Gasteiger partial charge in [0.25, 0.3) is 0 Å². The molecule has 2 aromatic carbocycles. The first-order chi connectivity index (χ1) is 13.0. The van der Waals surface area contributed by atoms with Crippen molar-refractivity contribution in [1.82, 2.24) is 4.90 Å². The molecule has 0 radical (unpaired) electrons. The zero-order valence-electron chi connectivity index (χ0n) is 14.7. The molecule has 2 aromatic rings. The summed E-state index contributed by atoms with van der Waals surface area (Å²) in [6, 6.07) is 13.9. The maximum Gasteiger partial charge on any atom is 0.325 e. The zero-order valence-corrected chi connectivity index (χ0v) is 16.2. The highest BCUT2D eigenvalue weighted by Crippen LogP contribution is 2.40. The molecule has 1 aliphatic rings. The van der Waals surface area contributed by atoms with Gasteiger partial charge in [0.15, 0.2) is 0 Å². The lowest BCUT2D eigenvalue weighted by Crippen LogP contribution is -2.48. The van der Waals surface area contributed by atoms with Crippen LogP contribution in [0.1, 0.15) is 30.2 Å². The summed E-state index contributed by atoms with van der Waals surface area (Å²) in [5.41, 5.74) is 1.63. The zero-order chi connectivity index (χ0) is 19.4. The predicted octanol–water partition coefficient (Wildman–Crippen LogP) is 4.20. The largest absolute Gasteiger partial charge is 0.465 e. The highest BCUT2D eigenvalue weighted by molar-refractivity contribution is 6.30. The molecule has 1 heterocycles. The molecule has 0 aromatic heterocycles. The van der Waals surface area contributed by atoms with E-state index in [0.29, 0.717) is 10.0 Å². The molecule has 1 amide bonds. The normalized spacial score (nSPS) is 19.8. The topological polar surface area (TPSA) is 55.8 Å². The maximum atomic E-state index is 12.6. The smallest absolute Gasteiger partial charge is 0.325 e. The summed E-state index contributed by atoms with van der Waals surface area (Å²) >= 11 is 12.2. The summed E-state index contributed by atoms with van der Waals surface area (Å²) in [6.45, 7) is 1.70. The standard InChI is InChI=1S/C20H19Cl2NO4/c1-2-26-18(25)11-23-17(24)12-27-20(14-4-3-5-16(22)10-14)19(23)13-6-8-15(21)9-7-13/h3-10,19-20H,2,11-12H2,1H3/t19-,20+/m1/s1. The Morgan fingerprint density at radius 2 is 1.89 bits per heavy atom. The van der Waals surface area contributed by atoms with Gasteiger partial charge in [0.2, 0.25) is 5.91 Å². The molecule has 1 saturated heterocycles. The Hall–Kier alpha value is -2.08. The van der Waals surface area contributed by atoms with E-state index in [1.165, 1.54) is 4.90 Å². The van der Waals surface area contributed by atoms with Crippen LogP contribution in [0.15, 0.2) is 48.5 Å². The number of amides is 1. The van der Waals surface area contributed by atoms with Crippen LogP contribution in [0.3, 0.4) is 0 Å². The second kappa shape index (κ2) is 8.74. The quantitative estimate of drug-likeness (QED) is 0.696. The van der Waals surface area contributed by atoms with Gasteiger partial charge in [0.05, 0.1) is 12.6 Å². The molecule has 142 valence electrons. The monoisotopic (exact) mass is 407 g/mol. The third-order valence-corrected chi connectivity index (χ3v) is 4.81. The Kier molecular flexibility index (Phi) is 6.37. The fraction of sp³-hybridized carbons (Fsp3) is 0.300. The third-order valence-electron chi connectivity index (χ3n) is 4.32. The minimum Gasteiger partial charge on any atom is -0.465 e. The number of nitrogens with zero attached hydrogens (tertiary/aromatic N) is 1. The van der Waals surface area contributed by atoms with Crippen LogP contribution in [0.5, 0.6) is 0 Å². The molecule has 0 aliphatic carbocycles. The first-order valence-corrected chi connectivity index (χ1v) is 9.32. The Labute approximate surface area is 167 Å². The number of morpholine rings is 1. The van der Waals surface area contributed by atoms with E-state index in [1.807, 2.05) is 24.3 Å². The molecule has 0 spiro atoms. The average molecular weight is 408 g/mol. The molecule has 5 nitrogen and oxygen atoms in total. The highest BCUT2D eigenvalue weighted by atomic mass is 35.5. The molecule has 0 unspecified atom stereocenters. The highest BCUT2D eigenvalue weighted by Gasteiger charge is 2.39. The van der Waals surface area contributed by atoms with E-state index in [0.717, 1.165) is 11.1 Å². The lowest BCUT2D eigenvalue weighted by atomic mass is 9.92. The molecular formula is C20H19Cl2NO4. The van der Waals surface area contributed by atoms with Crippen LogP contribution in [0.2, 0.25) is 10.0 Å². The first-order valence-electron chi connectivity index (χ1n) is 8.57. The molecular weight excluding hydrogens is 389 g/mol. The molecule has 0 saturated carbocycles. The molecule has 27 heavy (non-hydrogen) atoms. The molecule has 2 atom stereocenters. The van der Waals surface area contributed by atoms with Gasteiger partial charge >= 0.3 is 5.97 Å². The third kappa shape index (κ3) is 4.61. The van der Waals surface area contributed by atoms with E-state index in [2.05, 4.69) is 0 Å². The molecule has 1 fully saturated rings. The van der Waals surface area contributed by atoms with Crippen LogP contribution >= 0.6 is 23.2 Å². The average Bonchev–Trinajstić information content (AvgIpc) is 2.64. The molecule has 7 heteroatoms. The van der Waals surface area contributed by atoms with Gasteiger partial charge < -0.3 is 14.4 Å². The van der Waals surface area contributed by atoms with Crippen molar-refractivity contribution in [3.05, 3.63) is 69.7 Å². The fourth-order valence-corrected chi connectivity index (χ4v) is 3.49. The Bertz CT molecular complexity index is 825. The van der Waals surface area contributed by atoms with Crippen molar-refractivity contribution < 1.29 is 19.1 Å². The second-order valence-corrected chi connectivity index (χ2v) is 6.98. The van der Waals surface area contributed by atoms with Gasteiger partial charge in [-0.25, -0.2) is 0 Å². The molecule has 3 rings (SSSR count). The lowest BCUT2D eigenvalue weighted by molar-refractivity contribution is -0.166. The van der Waals surface area contributed by atoms with Crippen molar-refractivity contribution in [3.8, 4) is 0 Å². The van der Waals surface area contributed by atoms with Crippen molar-refractivity contribution in [2.24, 2.45) is 0 Å². The van der Waals surface area contributed by atoms with Gasteiger partial charge in [-0.2, -0.15) is 0 Å². The van der Waals surface area contributed by atoms with Crippen molar-refractivity contribution in [2.75, 3.05) is 19.8 Å². The van der Waals surface area contributed by atoms with Crippen molar-refractivity contribution in [2.45, 2.75) is 19.1 Å². The number of rotatable bonds is 5. The molecule has 0 bridgehead atoms. The van der Waals surface area contributed by atoms with E-state index in [9.17, 15) is 9.59 Å². The minimum absolute atomic E-state index is 0.124. The van der Waals surface area contributed by atoms with Gasteiger partial charge in [0, 0.05) is 10.0 Å². The Morgan fingerprint density at radius 1 is 1.15 bits per heavy atom. The van der Waals surface area contributed by atoms with Gasteiger partial charge in [-0.05, 0) is 42.3 Å². The predicted molar refractivity (Wildman–Crippen MR) is 103 cm³/mol. The summed E-state index contributed by atoms with van der Waals surface area (Å²) < 4.78 is 10.9. The van der Waals surface area contributed by atoms with E-state index >= 15 is 0 Å². The van der Waals surface area contributed by atoms with Gasteiger partial charge in [-0.15, -0.1) is 0 Å². The van der Waals surface area contributed by atoms with Crippen LogP contribution in [-0.2, 0) is 19.1 Å². The van der Waals surface area contributed by atoms with Gasteiger partial charge in [0.1, 0.15) is 19.3 Å². The van der Waals surface area contributed by atoms with Crippen molar-refractivity contribution in [1.29, 1.82) is 0 Å². The number of esters is 1. The van der Waals surface area contributed by atoms with Crippen LogP contribution in [-0.4, -0.2) is 36.5 Å². The van der Waals surface area contributed by atoms with Crippen LogP contribution in [0.4, 0.5) is 0 Å². The SMILES string of the molecule is CCOC(=O)CN1C(=O)CO[C@@H](c2cccc(Cl)c2)[C@H]1c1ccc(Cl)cc1. The molecule has 1 aliphatic heterocycles. The first kappa shape index (κ1) is 19.7. The van der Waals surface area contributed by atoms with Crippen LogP contribution in [0, 0.1) is 0 Å². The number of carbonyl (C=O) groups is 2. The maximum absolute atomic E-state index is 12.6. The van der Waals surface area contributed by atoms with Crippen molar-refractivity contribution >= 4 is 35.1 Å². The van der Waals surface area contributed by atoms with Gasteiger partial charge in [-0.1, -0.05) is 47.5 Å². The van der Waals surface area contributed by atoms with Crippen molar-refractivity contribution in [3.63, 3.8) is 0 Å². The van der Waals surface area contributed by atoms with E-state index in [1.54, 1.807) is 31.2 Å². The summed E-state index contributed by atoms with van der Waals surface area (Å²) in [6.07, 6.45) is -0.475. The van der Waals surface area contributed by atoms with E-state index < -0.39 is 18.1 Å². The second-order valence-electron chi connectivity index (χ2n) is 6.11. The number of hydrogen-bond acceptors (Lipinski definition) is 4. The minimum atomic E-state index is -0.508. The summed E-state index contributed by atoms with van der Waals surface area (Å²) in [4.78, 5) is 26.2. The number of carbonyl (C=O) groups excluding carboxylic acids is 2. The van der Waals surface area contributed by atoms with Crippen LogP contribution < -0.4 is 0 Å². The summed E-state index contributed by atoms with van der Waals surface area (Å²) in [5.74, 6) is -0.738. The summed E-state index contributed by atoms with van der Waals surface area (Å²) in [5, 5.41) is 1.15. The van der Waals surface area contributed by atoms with Gasteiger partial charge in [-0.3, -0.25) is 9.59 Å². The fourth-order valence-electron chi connectivity index (χ4n) is 3.16. The number of hydrogen-bond donors (Lipinski definition) is 0. The van der Waals surface area contributed by atoms with Crippen LogP contribution in [0.25, 0.3) is 0 Å². The van der Waals surface area contributed by atoms with E-state index in [4.69, 9.17) is 32.7 Å². The van der Waals surface area contributed by atoms with E-state index in [-0.39, 0.29) is 25.7 Å². The lowest BCUT2D eigenvalue weighted by Gasteiger charge is -2.41.